The predicted molar refractivity (Wildman–Crippen MR) is 56.8 cm³/mol. The molecule has 0 radical (unpaired) electrons. The van der Waals surface area contributed by atoms with Crippen molar-refractivity contribution >= 4 is 11.6 Å². The lowest BCUT2D eigenvalue weighted by molar-refractivity contribution is 0.368. The summed E-state index contributed by atoms with van der Waals surface area (Å²) in [5.74, 6) is 5.25. The molecule has 1 aromatic heterocycles. The first-order valence-electron chi connectivity index (χ1n) is 4.43. The first kappa shape index (κ1) is 11.5. The van der Waals surface area contributed by atoms with Gasteiger partial charge in [0.1, 0.15) is 0 Å². The van der Waals surface area contributed by atoms with E-state index in [1.54, 1.807) is 6.20 Å². The van der Waals surface area contributed by atoms with E-state index in [1.807, 2.05) is 18.8 Å². The summed E-state index contributed by atoms with van der Waals surface area (Å²) in [5, 5.41) is 4.82. The van der Waals surface area contributed by atoms with Gasteiger partial charge in [-0.15, -0.1) is 0 Å². The molecule has 0 aromatic carbocycles. The van der Waals surface area contributed by atoms with Crippen LogP contribution in [0.3, 0.4) is 0 Å². The number of nitrogens with zero attached hydrogens (tertiary/aromatic N) is 3. The highest BCUT2D eigenvalue weighted by Gasteiger charge is 2.07. The highest BCUT2D eigenvalue weighted by Crippen LogP contribution is 2.14. The SMILES string of the molecule is CN(C)CCn1ncc(Cl)c1CNN. The molecule has 0 spiro atoms. The number of hydrazine groups is 1. The molecule has 3 N–H and O–H groups in total. The van der Waals surface area contributed by atoms with Crippen molar-refractivity contribution in [3.63, 3.8) is 0 Å². The van der Waals surface area contributed by atoms with Gasteiger partial charge in [-0.3, -0.25) is 16.0 Å². The molecule has 0 bridgehead atoms. The fourth-order valence-corrected chi connectivity index (χ4v) is 1.36. The maximum absolute atomic E-state index is 5.95. The minimum atomic E-state index is 0.534. The van der Waals surface area contributed by atoms with Crippen molar-refractivity contribution in [1.29, 1.82) is 0 Å². The van der Waals surface area contributed by atoms with E-state index < -0.39 is 0 Å². The van der Waals surface area contributed by atoms with Gasteiger partial charge < -0.3 is 4.90 Å². The summed E-state index contributed by atoms with van der Waals surface area (Å²) in [5.41, 5.74) is 3.51. The molecule has 0 saturated carbocycles. The molecule has 80 valence electrons. The average molecular weight is 218 g/mol. The minimum absolute atomic E-state index is 0.534. The Bertz CT molecular complexity index is 283. The van der Waals surface area contributed by atoms with Crippen LogP contribution in [0.15, 0.2) is 6.20 Å². The Balaban J connectivity index is 2.65. The van der Waals surface area contributed by atoms with Crippen LogP contribution in [0, 0.1) is 0 Å². The van der Waals surface area contributed by atoms with E-state index >= 15 is 0 Å². The third kappa shape index (κ3) is 2.95. The fourth-order valence-electron chi connectivity index (χ4n) is 1.15. The molecule has 0 aliphatic rings. The van der Waals surface area contributed by atoms with Crippen LogP contribution in [0.4, 0.5) is 0 Å². The molecule has 5 nitrogen and oxygen atoms in total. The summed E-state index contributed by atoms with van der Waals surface area (Å²) in [6.45, 7) is 2.28. The number of aromatic nitrogens is 2. The number of likely N-dealkylation sites (N-methyl/N-ethyl adjacent to an activating group) is 1. The molecule has 1 heterocycles. The molecule has 0 atom stereocenters. The van der Waals surface area contributed by atoms with Crippen LogP contribution >= 0.6 is 11.6 Å². The van der Waals surface area contributed by atoms with Gasteiger partial charge in [0.2, 0.25) is 0 Å². The zero-order valence-corrected chi connectivity index (χ0v) is 9.25. The maximum atomic E-state index is 5.95. The topological polar surface area (TPSA) is 59.1 Å². The molecule has 1 aromatic rings. The van der Waals surface area contributed by atoms with Crippen molar-refractivity contribution in [3.05, 3.63) is 16.9 Å². The molecule has 1 rings (SSSR count). The van der Waals surface area contributed by atoms with Gasteiger partial charge in [-0.2, -0.15) is 5.10 Å². The molecule has 14 heavy (non-hydrogen) atoms. The zero-order chi connectivity index (χ0) is 10.6. The van der Waals surface area contributed by atoms with E-state index in [0.717, 1.165) is 18.8 Å². The van der Waals surface area contributed by atoms with Crippen LogP contribution in [0.1, 0.15) is 5.69 Å². The first-order valence-corrected chi connectivity index (χ1v) is 4.81. The molecule has 0 aliphatic heterocycles. The molecule has 0 fully saturated rings. The molecular weight excluding hydrogens is 202 g/mol. The van der Waals surface area contributed by atoms with Crippen LogP contribution in [-0.2, 0) is 13.1 Å². The molecule has 6 heteroatoms. The zero-order valence-electron chi connectivity index (χ0n) is 8.50. The lowest BCUT2D eigenvalue weighted by Crippen LogP contribution is -2.25. The summed E-state index contributed by atoms with van der Waals surface area (Å²) in [6, 6.07) is 0. The Morgan fingerprint density at radius 3 is 2.93 bits per heavy atom. The van der Waals surface area contributed by atoms with E-state index in [-0.39, 0.29) is 0 Å². The Labute approximate surface area is 88.8 Å². The Kier molecular flexibility index (Phi) is 4.34. The second-order valence-corrected chi connectivity index (χ2v) is 3.75. The van der Waals surface area contributed by atoms with Crippen molar-refractivity contribution < 1.29 is 0 Å². The normalized spacial score (nSPS) is 11.2. The van der Waals surface area contributed by atoms with E-state index in [2.05, 4.69) is 15.4 Å². The number of halogens is 1. The van der Waals surface area contributed by atoms with Crippen LogP contribution in [0.2, 0.25) is 5.02 Å². The van der Waals surface area contributed by atoms with Crippen molar-refractivity contribution in [1.82, 2.24) is 20.1 Å². The highest BCUT2D eigenvalue weighted by atomic mass is 35.5. The van der Waals surface area contributed by atoms with Crippen LogP contribution in [0.25, 0.3) is 0 Å². The Morgan fingerprint density at radius 1 is 1.64 bits per heavy atom. The molecule has 0 aliphatic carbocycles. The van der Waals surface area contributed by atoms with Crippen molar-refractivity contribution in [2.24, 2.45) is 5.84 Å². The van der Waals surface area contributed by atoms with Gasteiger partial charge in [0.15, 0.2) is 0 Å². The number of hydrogen-bond acceptors (Lipinski definition) is 4. The second-order valence-electron chi connectivity index (χ2n) is 3.35. The molecule has 0 saturated heterocycles. The van der Waals surface area contributed by atoms with Gasteiger partial charge in [-0.05, 0) is 14.1 Å². The van der Waals surface area contributed by atoms with E-state index in [0.29, 0.717) is 11.6 Å². The fraction of sp³-hybridized carbons (Fsp3) is 0.625. The third-order valence-corrected chi connectivity index (χ3v) is 2.24. The number of nitrogens with one attached hydrogen (secondary N) is 1. The molecule has 0 amide bonds. The van der Waals surface area contributed by atoms with Gasteiger partial charge in [0.05, 0.1) is 30.0 Å². The minimum Gasteiger partial charge on any atom is -0.308 e. The summed E-state index contributed by atoms with van der Waals surface area (Å²) in [4.78, 5) is 2.09. The highest BCUT2D eigenvalue weighted by molar-refractivity contribution is 6.31. The van der Waals surface area contributed by atoms with Gasteiger partial charge in [0, 0.05) is 6.54 Å². The van der Waals surface area contributed by atoms with Crippen molar-refractivity contribution in [3.8, 4) is 0 Å². The smallest absolute Gasteiger partial charge is 0.0831 e. The second kappa shape index (κ2) is 5.31. The van der Waals surface area contributed by atoms with Crippen LogP contribution in [-0.4, -0.2) is 35.3 Å². The summed E-state index contributed by atoms with van der Waals surface area (Å²) >= 11 is 5.95. The largest absolute Gasteiger partial charge is 0.308 e. The lowest BCUT2D eigenvalue weighted by atomic mass is 10.4. The number of hydrogen-bond donors (Lipinski definition) is 2. The lowest BCUT2D eigenvalue weighted by Gasteiger charge is -2.11. The first-order chi connectivity index (χ1) is 6.65. The van der Waals surface area contributed by atoms with Crippen LogP contribution < -0.4 is 11.3 Å². The van der Waals surface area contributed by atoms with Gasteiger partial charge >= 0.3 is 0 Å². The molecule has 0 unspecified atom stereocenters. The maximum Gasteiger partial charge on any atom is 0.0831 e. The van der Waals surface area contributed by atoms with E-state index in [1.165, 1.54) is 0 Å². The predicted octanol–water partition coefficient (Wildman–Crippen LogP) is 0.0614. The summed E-state index contributed by atoms with van der Waals surface area (Å²) < 4.78 is 1.86. The number of nitrogens with two attached hydrogens (primary N) is 1. The summed E-state index contributed by atoms with van der Waals surface area (Å²) in [6.07, 6.45) is 1.64. The molecular formula is C8H16ClN5. The monoisotopic (exact) mass is 217 g/mol. The van der Waals surface area contributed by atoms with Gasteiger partial charge in [-0.1, -0.05) is 11.6 Å². The third-order valence-electron chi connectivity index (χ3n) is 1.93. The summed E-state index contributed by atoms with van der Waals surface area (Å²) in [7, 11) is 4.04. The van der Waals surface area contributed by atoms with Gasteiger partial charge in [0.25, 0.3) is 0 Å². The van der Waals surface area contributed by atoms with Crippen LogP contribution in [0.5, 0.6) is 0 Å². The quantitative estimate of drug-likeness (QED) is 0.541. The number of rotatable bonds is 5. The standard InChI is InChI=1S/C8H16ClN5/c1-13(2)3-4-14-8(6-11-10)7(9)5-12-14/h5,11H,3-4,6,10H2,1-2H3. The Hall–Kier alpha value is -0.620. The average Bonchev–Trinajstić information content (AvgIpc) is 2.46. The van der Waals surface area contributed by atoms with E-state index in [9.17, 15) is 0 Å². The van der Waals surface area contributed by atoms with E-state index in [4.69, 9.17) is 17.4 Å². The van der Waals surface area contributed by atoms with Crippen molar-refractivity contribution in [2.45, 2.75) is 13.1 Å². The Morgan fingerprint density at radius 2 is 2.36 bits per heavy atom. The van der Waals surface area contributed by atoms with Gasteiger partial charge in [-0.25, -0.2) is 0 Å². The van der Waals surface area contributed by atoms with Crippen molar-refractivity contribution in [2.75, 3.05) is 20.6 Å².